The van der Waals surface area contributed by atoms with E-state index in [9.17, 15) is 26.7 Å². The minimum Gasteiger partial charge on any atom is -0.287 e. The van der Waals surface area contributed by atoms with Gasteiger partial charge in [-0.2, -0.15) is 22.0 Å². The van der Waals surface area contributed by atoms with Crippen LogP contribution in [0.25, 0.3) is 0 Å². The number of hydrogen-bond donors (Lipinski definition) is 0. The summed E-state index contributed by atoms with van der Waals surface area (Å²) in [5, 5.41) is -0.203. The zero-order valence-electron chi connectivity index (χ0n) is 8.03. The molecule has 0 aromatic rings. The molecule has 0 spiro atoms. The van der Waals surface area contributed by atoms with Crippen molar-refractivity contribution in [2.45, 2.75) is 38.3 Å². The first-order chi connectivity index (χ1) is 6.70. The summed E-state index contributed by atoms with van der Waals surface area (Å²) >= 11 is 0.788. The molecule has 1 nitrogen and oxygen atoms in total. The molecule has 0 amide bonds. The Labute approximate surface area is 88.4 Å². The standard InChI is InChI=1S/C8H11F5OS/c1-2-6(14)15-5-3-4-7(9,10)8(11,12)13/h2-5H2,1H3. The highest BCUT2D eigenvalue weighted by atomic mass is 32.2. The molecule has 0 heterocycles. The summed E-state index contributed by atoms with van der Waals surface area (Å²) in [6.45, 7) is 1.60. The third-order valence-electron chi connectivity index (χ3n) is 1.60. The van der Waals surface area contributed by atoms with Gasteiger partial charge in [0, 0.05) is 18.6 Å². The fourth-order valence-corrected chi connectivity index (χ4v) is 1.44. The second-order valence-electron chi connectivity index (χ2n) is 2.88. The first-order valence-corrected chi connectivity index (χ1v) is 5.29. The van der Waals surface area contributed by atoms with Crippen LogP contribution in [-0.4, -0.2) is 23.0 Å². The number of carbonyl (C=O) groups excluding carboxylic acids is 1. The Kier molecular flexibility index (Phi) is 5.55. The zero-order chi connectivity index (χ0) is 12.1. The average molecular weight is 250 g/mol. The summed E-state index contributed by atoms with van der Waals surface area (Å²) in [6, 6.07) is 0. The lowest BCUT2D eigenvalue weighted by Crippen LogP contribution is -2.36. The third-order valence-corrected chi connectivity index (χ3v) is 2.71. The quantitative estimate of drug-likeness (QED) is 0.547. The maximum absolute atomic E-state index is 12.3. The van der Waals surface area contributed by atoms with Crippen LogP contribution < -0.4 is 0 Å². The highest BCUT2D eigenvalue weighted by Crippen LogP contribution is 2.39. The van der Waals surface area contributed by atoms with E-state index in [0.717, 1.165) is 11.8 Å². The topological polar surface area (TPSA) is 17.1 Å². The van der Waals surface area contributed by atoms with E-state index in [1.165, 1.54) is 0 Å². The lowest BCUT2D eigenvalue weighted by molar-refractivity contribution is -0.284. The summed E-state index contributed by atoms with van der Waals surface area (Å²) in [7, 11) is 0. The Balaban J connectivity index is 3.82. The highest BCUT2D eigenvalue weighted by Gasteiger charge is 2.56. The molecule has 0 saturated heterocycles. The first-order valence-electron chi connectivity index (χ1n) is 4.31. The average Bonchev–Trinajstić information content (AvgIpc) is 2.10. The van der Waals surface area contributed by atoms with Crippen LogP contribution in [0, 0.1) is 0 Å². The molecule has 0 N–H and O–H groups in total. The van der Waals surface area contributed by atoms with Gasteiger partial charge < -0.3 is 0 Å². The van der Waals surface area contributed by atoms with Crippen LogP contribution >= 0.6 is 11.8 Å². The van der Waals surface area contributed by atoms with Crippen molar-refractivity contribution in [3.63, 3.8) is 0 Å². The van der Waals surface area contributed by atoms with Gasteiger partial charge in [-0.05, 0) is 6.42 Å². The summed E-state index contributed by atoms with van der Waals surface area (Å²) in [6.07, 6.45) is -6.84. The molecule has 0 rings (SSSR count). The molecule has 7 heteroatoms. The third kappa shape index (κ3) is 5.34. The molecule has 0 unspecified atom stereocenters. The molecule has 0 atom stereocenters. The molecule has 0 aromatic heterocycles. The van der Waals surface area contributed by atoms with E-state index in [0.29, 0.717) is 0 Å². The van der Waals surface area contributed by atoms with Gasteiger partial charge in [-0.1, -0.05) is 18.7 Å². The van der Waals surface area contributed by atoms with E-state index in [1.54, 1.807) is 6.92 Å². The molecule has 0 bridgehead atoms. The van der Waals surface area contributed by atoms with Gasteiger partial charge in [-0.25, -0.2) is 0 Å². The van der Waals surface area contributed by atoms with Crippen LogP contribution in [0.4, 0.5) is 22.0 Å². The Morgan fingerprint density at radius 1 is 1.20 bits per heavy atom. The van der Waals surface area contributed by atoms with Gasteiger partial charge in [0.1, 0.15) is 0 Å². The summed E-state index contributed by atoms with van der Waals surface area (Å²) < 4.78 is 59.6. The second kappa shape index (κ2) is 5.67. The van der Waals surface area contributed by atoms with E-state index in [1.807, 2.05) is 0 Å². The van der Waals surface area contributed by atoms with Gasteiger partial charge in [0.2, 0.25) is 0 Å². The van der Waals surface area contributed by atoms with Crippen molar-refractivity contribution in [1.29, 1.82) is 0 Å². The number of carbonyl (C=O) groups is 1. The van der Waals surface area contributed by atoms with Gasteiger partial charge in [0.05, 0.1) is 0 Å². The van der Waals surface area contributed by atoms with Crippen molar-refractivity contribution in [3.8, 4) is 0 Å². The molecular formula is C8H11F5OS. The van der Waals surface area contributed by atoms with E-state index >= 15 is 0 Å². The van der Waals surface area contributed by atoms with E-state index in [2.05, 4.69) is 0 Å². The van der Waals surface area contributed by atoms with Crippen molar-refractivity contribution in [1.82, 2.24) is 0 Å². The van der Waals surface area contributed by atoms with Gasteiger partial charge in [0.25, 0.3) is 0 Å². The van der Waals surface area contributed by atoms with E-state index in [-0.39, 0.29) is 23.7 Å². The molecule has 90 valence electrons. The molecule has 0 radical (unpaired) electrons. The summed E-state index contributed by atoms with van der Waals surface area (Å²) in [5.41, 5.74) is 0. The smallest absolute Gasteiger partial charge is 0.287 e. The predicted molar refractivity (Wildman–Crippen MR) is 48.0 cm³/mol. The van der Waals surface area contributed by atoms with Crippen molar-refractivity contribution in [2.75, 3.05) is 5.75 Å². The Hall–Kier alpha value is -0.330. The Morgan fingerprint density at radius 3 is 2.13 bits per heavy atom. The van der Waals surface area contributed by atoms with Gasteiger partial charge in [0.15, 0.2) is 5.12 Å². The fourth-order valence-electron chi connectivity index (χ4n) is 0.724. The molecule has 0 aromatic carbocycles. The summed E-state index contributed by atoms with van der Waals surface area (Å²) in [4.78, 5) is 10.7. The fraction of sp³-hybridized carbons (Fsp3) is 0.875. The minimum atomic E-state index is -5.49. The van der Waals surface area contributed by atoms with Crippen molar-refractivity contribution in [2.24, 2.45) is 0 Å². The largest absolute Gasteiger partial charge is 0.453 e. The first kappa shape index (κ1) is 14.7. The van der Waals surface area contributed by atoms with Gasteiger partial charge >= 0.3 is 12.1 Å². The Morgan fingerprint density at radius 2 is 1.73 bits per heavy atom. The number of rotatable bonds is 5. The van der Waals surface area contributed by atoms with Gasteiger partial charge in [-0.3, -0.25) is 4.79 Å². The molecule has 0 aliphatic rings. The molecule has 15 heavy (non-hydrogen) atoms. The van der Waals surface area contributed by atoms with E-state index < -0.39 is 18.5 Å². The van der Waals surface area contributed by atoms with Crippen LogP contribution in [0.5, 0.6) is 0 Å². The SMILES string of the molecule is CCC(=O)SCCCC(F)(F)C(F)(F)F. The highest BCUT2D eigenvalue weighted by molar-refractivity contribution is 8.13. The minimum absolute atomic E-state index is 0.00164. The molecule has 0 aliphatic heterocycles. The van der Waals surface area contributed by atoms with Crippen LogP contribution in [0.2, 0.25) is 0 Å². The summed E-state index contributed by atoms with van der Waals surface area (Å²) in [5.74, 6) is -4.65. The lowest BCUT2D eigenvalue weighted by atomic mass is 10.2. The van der Waals surface area contributed by atoms with Crippen molar-refractivity contribution in [3.05, 3.63) is 0 Å². The van der Waals surface area contributed by atoms with E-state index in [4.69, 9.17) is 0 Å². The second-order valence-corrected chi connectivity index (χ2v) is 4.03. The molecule has 0 fully saturated rings. The number of halogens is 5. The zero-order valence-corrected chi connectivity index (χ0v) is 8.85. The lowest BCUT2D eigenvalue weighted by Gasteiger charge is -2.18. The van der Waals surface area contributed by atoms with Crippen LogP contribution in [0.3, 0.4) is 0 Å². The van der Waals surface area contributed by atoms with Crippen molar-refractivity contribution >= 4 is 16.9 Å². The monoisotopic (exact) mass is 250 g/mol. The van der Waals surface area contributed by atoms with Crippen LogP contribution in [0.15, 0.2) is 0 Å². The molecule has 0 aliphatic carbocycles. The maximum atomic E-state index is 12.3. The Bertz CT molecular complexity index is 214. The normalized spacial score (nSPS) is 12.9. The number of thioether (sulfide) groups is 1. The number of hydrogen-bond acceptors (Lipinski definition) is 2. The number of alkyl halides is 5. The molecular weight excluding hydrogens is 239 g/mol. The van der Waals surface area contributed by atoms with Crippen molar-refractivity contribution < 1.29 is 26.7 Å². The van der Waals surface area contributed by atoms with Gasteiger partial charge in [-0.15, -0.1) is 0 Å². The van der Waals surface area contributed by atoms with Crippen LogP contribution in [-0.2, 0) is 4.79 Å². The predicted octanol–water partition coefficient (Wildman–Crippen LogP) is 3.63. The van der Waals surface area contributed by atoms with Crippen LogP contribution in [0.1, 0.15) is 26.2 Å². The molecule has 0 saturated carbocycles. The maximum Gasteiger partial charge on any atom is 0.453 e.